The van der Waals surface area contributed by atoms with Gasteiger partial charge in [-0.2, -0.15) is 0 Å². The first-order valence-electron chi connectivity index (χ1n) is 7.05. The molecule has 2 atom stereocenters. The molecule has 0 bridgehead atoms. The fourth-order valence-electron chi connectivity index (χ4n) is 3.11. The van der Waals surface area contributed by atoms with Crippen LogP contribution in [-0.2, 0) is 5.88 Å². The maximum atomic E-state index is 13.6. The van der Waals surface area contributed by atoms with Crippen molar-refractivity contribution < 1.29 is 4.39 Å². The first-order valence-corrected chi connectivity index (χ1v) is 7.58. The van der Waals surface area contributed by atoms with Crippen LogP contribution in [0.4, 0.5) is 4.39 Å². The van der Waals surface area contributed by atoms with E-state index < -0.39 is 0 Å². The van der Waals surface area contributed by atoms with Crippen molar-refractivity contribution >= 4 is 22.6 Å². The standard InChI is InChI=1S/C17H14ClFN2/c18-10-17-20-14-7-6-12(19)8-16(14)21(17)15-9-13(15)11-4-2-1-3-5-11/h1-8,13,15H,9-10H2. The van der Waals surface area contributed by atoms with Gasteiger partial charge in [-0.3, -0.25) is 0 Å². The zero-order valence-corrected chi connectivity index (χ0v) is 12.1. The van der Waals surface area contributed by atoms with Crippen LogP contribution in [-0.4, -0.2) is 9.55 Å². The van der Waals surface area contributed by atoms with E-state index >= 15 is 0 Å². The molecule has 2 aromatic carbocycles. The molecule has 4 heteroatoms. The van der Waals surface area contributed by atoms with Gasteiger partial charge in [0.25, 0.3) is 0 Å². The van der Waals surface area contributed by atoms with Crippen LogP contribution in [0.5, 0.6) is 0 Å². The molecular formula is C17H14ClFN2. The largest absolute Gasteiger partial charge is 0.323 e. The van der Waals surface area contributed by atoms with Crippen molar-refractivity contribution in [3.63, 3.8) is 0 Å². The van der Waals surface area contributed by atoms with E-state index in [-0.39, 0.29) is 5.82 Å². The van der Waals surface area contributed by atoms with Gasteiger partial charge in [0.15, 0.2) is 0 Å². The fraction of sp³-hybridized carbons (Fsp3) is 0.235. The summed E-state index contributed by atoms with van der Waals surface area (Å²) in [4.78, 5) is 4.53. The van der Waals surface area contributed by atoms with Gasteiger partial charge in [-0.1, -0.05) is 30.3 Å². The highest BCUT2D eigenvalue weighted by Gasteiger charge is 2.41. The minimum atomic E-state index is -0.235. The van der Waals surface area contributed by atoms with Gasteiger partial charge >= 0.3 is 0 Å². The van der Waals surface area contributed by atoms with Gasteiger partial charge in [0.05, 0.1) is 16.9 Å². The van der Waals surface area contributed by atoms with Crippen molar-refractivity contribution in [2.75, 3.05) is 0 Å². The molecule has 0 saturated heterocycles. The Kier molecular flexibility index (Phi) is 2.96. The van der Waals surface area contributed by atoms with Crippen molar-refractivity contribution in [2.24, 2.45) is 0 Å². The number of hydrogen-bond acceptors (Lipinski definition) is 1. The minimum absolute atomic E-state index is 0.235. The van der Waals surface area contributed by atoms with Gasteiger partial charge in [-0.25, -0.2) is 9.37 Å². The number of rotatable bonds is 3. The predicted octanol–water partition coefficient (Wildman–Crippen LogP) is 4.64. The van der Waals surface area contributed by atoms with E-state index in [1.807, 2.05) is 6.07 Å². The Balaban J connectivity index is 1.79. The molecule has 0 amide bonds. The Morgan fingerprint density at radius 1 is 1.19 bits per heavy atom. The summed E-state index contributed by atoms with van der Waals surface area (Å²) in [5.74, 6) is 1.39. The lowest BCUT2D eigenvalue weighted by molar-refractivity contribution is 0.627. The molecule has 1 aliphatic rings. The molecule has 0 aliphatic heterocycles. The molecule has 1 fully saturated rings. The normalized spacial score (nSPS) is 20.9. The Bertz CT molecular complexity index is 797. The summed E-state index contributed by atoms with van der Waals surface area (Å²) in [6, 6.07) is 15.5. The first kappa shape index (κ1) is 12.8. The van der Waals surface area contributed by atoms with E-state index in [1.165, 1.54) is 11.6 Å². The molecule has 1 aromatic heterocycles. The van der Waals surface area contributed by atoms with Crippen LogP contribution in [0.1, 0.15) is 29.8 Å². The summed E-state index contributed by atoms with van der Waals surface area (Å²) in [7, 11) is 0. The average Bonchev–Trinajstić information content (AvgIpc) is 3.22. The fourth-order valence-corrected chi connectivity index (χ4v) is 3.29. The number of benzene rings is 2. The van der Waals surface area contributed by atoms with Gasteiger partial charge in [0, 0.05) is 12.0 Å². The van der Waals surface area contributed by atoms with Gasteiger partial charge in [0.1, 0.15) is 11.6 Å². The zero-order valence-electron chi connectivity index (χ0n) is 11.3. The lowest BCUT2D eigenvalue weighted by Gasteiger charge is -2.07. The van der Waals surface area contributed by atoms with E-state index in [4.69, 9.17) is 11.6 Å². The Hall–Kier alpha value is -1.87. The van der Waals surface area contributed by atoms with Crippen LogP contribution >= 0.6 is 11.6 Å². The van der Waals surface area contributed by atoms with Crippen molar-refractivity contribution in [3.05, 3.63) is 65.7 Å². The van der Waals surface area contributed by atoms with Crippen molar-refractivity contribution in [3.8, 4) is 0 Å². The summed E-state index contributed by atoms with van der Waals surface area (Å²) in [6.07, 6.45) is 1.05. The number of halogens is 2. The second-order valence-corrected chi connectivity index (χ2v) is 5.75. The van der Waals surface area contributed by atoms with Crippen LogP contribution in [0.15, 0.2) is 48.5 Å². The first-order chi connectivity index (χ1) is 10.3. The lowest BCUT2D eigenvalue weighted by Crippen LogP contribution is -2.01. The number of fused-ring (bicyclic) bond motifs is 1. The minimum Gasteiger partial charge on any atom is -0.323 e. The second-order valence-electron chi connectivity index (χ2n) is 5.48. The maximum absolute atomic E-state index is 13.6. The summed E-state index contributed by atoms with van der Waals surface area (Å²) in [5.41, 5.74) is 2.97. The van der Waals surface area contributed by atoms with E-state index in [9.17, 15) is 4.39 Å². The third-order valence-corrected chi connectivity index (χ3v) is 4.40. The van der Waals surface area contributed by atoms with Gasteiger partial charge in [0.2, 0.25) is 0 Å². The van der Waals surface area contributed by atoms with Gasteiger partial charge < -0.3 is 4.57 Å². The molecular weight excluding hydrogens is 287 g/mol. The highest BCUT2D eigenvalue weighted by atomic mass is 35.5. The molecule has 0 spiro atoms. The summed E-state index contributed by atoms with van der Waals surface area (Å²) in [6.45, 7) is 0. The molecule has 1 heterocycles. The van der Waals surface area contributed by atoms with Gasteiger partial charge in [-0.15, -0.1) is 11.6 Å². The summed E-state index contributed by atoms with van der Waals surface area (Å²) in [5, 5.41) is 0. The van der Waals surface area contributed by atoms with Crippen LogP contribution < -0.4 is 0 Å². The predicted molar refractivity (Wildman–Crippen MR) is 82.1 cm³/mol. The number of alkyl halides is 1. The third kappa shape index (κ3) is 2.12. The monoisotopic (exact) mass is 300 g/mol. The Morgan fingerprint density at radius 3 is 2.76 bits per heavy atom. The molecule has 106 valence electrons. The van der Waals surface area contributed by atoms with Gasteiger partial charge in [-0.05, 0) is 30.2 Å². The van der Waals surface area contributed by atoms with E-state index in [0.29, 0.717) is 17.8 Å². The highest BCUT2D eigenvalue weighted by Crippen LogP contribution is 2.52. The quantitative estimate of drug-likeness (QED) is 0.644. The molecule has 4 rings (SSSR count). The zero-order chi connectivity index (χ0) is 14.4. The SMILES string of the molecule is Fc1ccc2nc(CCl)n(C3CC3c3ccccc3)c2c1. The number of nitrogens with zero attached hydrogens (tertiary/aromatic N) is 2. The highest BCUT2D eigenvalue weighted by molar-refractivity contribution is 6.16. The maximum Gasteiger partial charge on any atom is 0.125 e. The molecule has 0 radical (unpaired) electrons. The molecule has 21 heavy (non-hydrogen) atoms. The smallest absolute Gasteiger partial charge is 0.125 e. The van der Waals surface area contributed by atoms with Crippen LogP contribution in [0, 0.1) is 5.82 Å². The van der Waals surface area contributed by atoms with Crippen molar-refractivity contribution in [1.29, 1.82) is 0 Å². The molecule has 2 nitrogen and oxygen atoms in total. The Labute approximate surface area is 127 Å². The molecule has 1 saturated carbocycles. The van der Waals surface area contributed by atoms with Crippen molar-refractivity contribution in [2.45, 2.75) is 24.3 Å². The van der Waals surface area contributed by atoms with Crippen molar-refractivity contribution in [1.82, 2.24) is 9.55 Å². The summed E-state index contributed by atoms with van der Waals surface area (Å²) < 4.78 is 15.7. The number of imidazole rings is 1. The molecule has 3 aromatic rings. The molecule has 2 unspecified atom stereocenters. The van der Waals surface area contributed by atoms with Crippen LogP contribution in [0.25, 0.3) is 11.0 Å². The Morgan fingerprint density at radius 2 is 2.00 bits per heavy atom. The number of aromatic nitrogens is 2. The summed E-state index contributed by atoms with van der Waals surface area (Å²) >= 11 is 6.03. The topological polar surface area (TPSA) is 17.8 Å². The lowest BCUT2D eigenvalue weighted by atomic mass is 10.1. The van der Waals surface area contributed by atoms with Crippen LogP contribution in [0.2, 0.25) is 0 Å². The average molecular weight is 301 g/mol. The third-order valence-electron chi connectivity index (χ3n) is 4.16. The van der Waals surface area contributed by atoms with E-state index in [0.717, 1.165) is 23.3 Å². The van der Waals surface area contributed by atoms with E-state index in [1.54, 1.807) is 12.1 Å². The second kappa shape index (κ2) is 4.85. The van der Waals surface area contributed by atoms with E-state index in [2.05, 4.69) is 33.8 Å². The molecule has 0 N–H and O–H groups in total. The van der Waals surface area contributed by atoms with Crippen LogP contribution in [0.3, 0.4) is 0 Å². The number of hydrogen-bond donors (Lipinski definition) is 0. The molecule has 1 aliphatic carbocycles.